The van der Waals surface area contributed by atoms with Gasteiger partial charge in [0, 0.05) is 23.1 Å². The van der Waals surface area contributed by atoms with E-state index in [1.54, 1.807) is 36.1 Å². The number of halogens is 2. The van der Waals surface area contributed by atoms with Crippen LogP contribution in [0.5, 0.6) is 0 Å². The zero-order valence-electron chi connectivity index (χ0n) is 15.5. The zero-order valence-corrected chi connectivity index (χ0v) is 17.1. The van der Waals surface area contributed by atoms with Crippen molar-refractivity contribution in [1.82, 2.24) is 10.2 Å². The minimum atomic E-state index is -0.584. The number of hydrogen-bond acceptors (Lipinski definition) is 2. The molecule has 0 saturated heterocycles. The molecular formula is C21H24Cl2N2O2. The van der Waals surface area contributed by atoms with E-state index in [0.717, 1.165) is 17.5 Å². The number of carbonyl (C=O) groups is 2. The molecule has 1 atom stereocenters. The van der Waals surface area contributed by atoms with E-state index in [1.165, 1.54) is 0 Å². The number of hydrogen-bond donors (Lipinski definition) is 1. The predicted molar refractivity (Wildman–Crippen MR) is 110 cm³/mol. The summed E-state index contributed by atoms with van der Waals surface area (Å²) in [4.78, 5) is 27.0. The highest BCUT2D eigenvalue weighted by Crippen LogP contribution is 2.16. The molecule has 0 fully saturated rings. The first kappa shape index (κ1) is 21.3. The molecule has 0 aliphatic rings. The van der Waals surface area contributed by atoms with Crippen molar-refractivity contribution in [2.45, 2.75) is 39.3 Å². The number of carbonyl (C=O) groups excluding carboxylic acids is 2. The Labute approximate surface area is 170 Å². The number of amides is 2. The van der Waals surface area contributed by atoms with Gasteiger partial charge in [0.05, 0.1) is 6.42 Å². The Morgan fingerprint density at radius 3 is 2.37 bits per heavy atom. The molecule has 0 radical (unpaired) electrons. The van der Waals surface area contributed by atoms with Gasteiger partial charge in [-0.25, -0.2) is 0 Å². The molecule has 1 unspecified atom stereocenters. The maximum absolute atomic E-state index is 13.0. The first-order valence-corrected chi connectivity index (χ1v) is 9.72. The van der Waals surface area contributed by atoms with Gasteiger partial charge in [0.1, 0.15) is 6.04 Å². The van der Waals surface area contributed by atoms with Crippen molar-refractivity contribution in [2.75, 3.05) is 6.54 Å². The number of nitrogens with one attached hydrogen (secondary N) is 1. The lowest BCUT2D eigenvalue weighted by molar-refractivity contribution is -0.140. The standard InChI is InChI=1S/C21H24Cl2N2O2/c1-3-11-24-21(27)15(2)25(14-16-7-9-18(22)10-8-16)20(26)13-17-5-4-6-19(23)12-17/h4-10,12,15H,3,11,13-14H2,1-2H3,(H,24,27). The largest absolute Gasteiger partial charge is 0.354 e. The van der Waals surface area contributed by atoms with E-state index in [2.05, 4.69) is 5.32 Å². The molecule has 0 aromatic heterocycles. The molecular weight excluding hydrogens is 383 g/mol. The smallest absolute Gasteiger partial charge is 0.242 e. The minimum Gasteiger partial charge on any atom is -0.354 e. The van der Waals surface area contributed by atoms with E-state index in [-0.39, 0.29) is 18.2 Å². The summed E-state index contributed by atoms with van der Waals surface area (Å²) in [5.41, 5.74) is 1.73. The zero-order chi connectivity index (χ0) is 19.8. The van der Waals surface area contributed by atoms with Crippen LogP contribution in [0.2, 0.25) is 10.0 Å². The first-order valence-electron chi connectivity index (χ1n) is 8.96. The van der Waals surface area contributed by atoms with Gasteiger partial charge in [-0.05, 0) is 48.7 Å². The molecule has 0 spiro atoms. The molecule has 6 heteroatoms. The van der Waals surface area contributed by atoms with E-state index < -0.39 is 6.04 Å². The van der Waals surface area contributed by atoms with E-state index in [4.69, 9.17) is 23.2 Å². The molecule has 27 heavy (non-hydrogen) atoms. The molecule has 144 valence electrons. The molecule has 2 rings (SSSR count). The van der Waals surface area contributed by atoms with E-state index in [9.17, 15) is 9.59 Å². The second-order valence-corrected chi connectivity index (χ2v) is 7.29. The highest BCUT2D eigenvalue weighted by molar-refractivity contribution is 6.30. The maximum Gasteiger partial charge on any atom is 0.242 e. The lowest BCUT2D eigenvalue weighted by atomic mass is 10.1. The Kier molecular flexibility index (Phi) is 8.14. The van der Waals surface area contributed by atoms with Crippen LogP contribution in [-0.4, -0.2) is 29.3 Å². The summed E-state index contributed by atoms with van der Waals surface area (Å²) in [5, 5.41) is 4.07. The fourth-order valence-corrected chi connectivity index (χ4v) is 3.03. The van der Waals surface area contributed by atoms with Crippen molar-refractivity contribution >= 4 is 35.0 Å². The van der Waals surface area contributed by atoms with Crippen molar-refractivity contribution < 1.29 is 9.59 Å². The van der Waals surface area contributed by atoms with Crippen LogP contribution in [0.3, 0.4) is 0 Å². The van der Waals surface area contributed by atoms with Gasteiger partial charge < -0.3 is 10.2 Å². The van der Waals surface area contributed by atoms with Crippen LogP contribution in [0.4, 0.5) is 0 Å². The molecule has 4 nitrogen and oxygen atoms in total. The number of benzene rings is 2. The Bertz CT molecular complexity index is 778. The average Bonchev–Trinajstić information content (AvgIpc) is 2.65. The van der Waals surface area contributed by atoms with Crippen molar-refractivity contribution in [2.24, 2.45) is 0 Å². The normalized spacial score (nSPS) is 11.7. The van der Waals surface area contributed by atoms with Gasteiger partial charge in [-0.1, -0.05) is 54.4 Å². The minimum absolute atomic E-state index is 0.133. The van der Waals surface area contributed by atoms with Gasteiger partial charge >= 0.3 is 0 Å². The molecule has 0 aliphatic carbocycles. The molecule has 2 amide bonds. The van der Waals surface area contributed by atoms with Gasteiger partial charge in [0.25, 0.3) is 0 Å². The third-order valence-electron chi connectivity index (χ3n) is 4.23. The summed E-state index contributed by atoms with van der Waals surface area (Å²) in [6.45, 7) is 4.65. The van der Waals surface area contributed by atoms with Crippen molar-refractivity contribution in [3.05, 3.63) is 69.7 Å². The third kappa shape index (κ3) is 6.56. The van der Waals surface area contributed by atoms with E-state index >= 15 is 0 Å². The highest BCUT2D eigenvalue weighted by Gasteiger charge is 2.26. The molecule has 0 saturated carbocycles. The third-order valence-corrected chi connectivity index (χ3v) is 4.71. The molecule has 2 aromatic carbocycles. The van der Waals surface area contributed by atoms with E-state index in [1.807, 2.05) is 31.2 Å². The summed E-state index contributed by atoms with van der Waals surface area (Å²) in [6.07, 6.45) is 1.02. The van der Waals surface area contributed by atoms with Gasteiger partial charge in [-0.15, -0.1) is 0 Å². The van der Waals surface area contributed by atoms with Gasteiger partial charge in [0.15, 0.2) is 0 Å². The number of nitrogens with zero attached hydrogens (tertiary/aromatic N) is 1. The van der Waals surface area contributed by atoms with Crippen LogP contribution in [0.1, 0.15) is 31.4 Å². The Hall–Kier alpha value is -2.04. The van der Waals surface area contributed by atoms with Crippen molar-refractivity contribution in [3.63, 3.8) is 0 Å². The summed E-state index contributed by atoms with van der Waals surface area (Å²) in [5.74, 6) is -0.295. The van der Waals surface area contributed by atoms with Crippen LogP contribution in [0.25, 0.3) is 0 Å². The van der Waals surface area contributed by atoms with Gasteiger partial charge in [0.2, 0.25) is 11.8 Å². The first-order chi connectivity index (χ1) is 12.9. The predicted octanol–water partition coefficient (Wildman–Crippen LogP) is 4.48. The number of rotatable bonds is 8. The monoisotopic (exact) mass is 406 g/mol. The lowest BCUT2D eigenvalue weighted by Gasteiger charge is -2.29. The van der Waals surface area contributed by atoms with Crippen LogP contribution in [-0.2, 0) is 22.6 Å². The Balaban J connectivity index is 2.20. The lowest BCUT2D eigenvalue weighted by Crippen LogP contribution is -2.48. The van der Waals surface area contributed by atoms with Crippen LogP contribution < -0.4 is 5.32 Å². The second kappa shape index (κ2) is 10.3. The molecule has 0 aliphatic heterocycles. The Morgan fingerprint density at radius 1 is 1.04 bits per heavy atom. The fourth-order valence-electron chi connectivity index (χ4n) is 2.69. The average molecular weight is 407 g/mol. The molecule has 2 aromatic rings. The molecule has 0 heterocycles. The summed E-state index contributed by atoms with van der Waals surface area (Å²) in [7, 11) is 0. The van der Waals surface area contributed by atoms with Gasteiger partial charge in [-0.3, -0.25) is 9.59 Å². The highest BCUT2D eigenvalue weighted by atomic mass is 35.5. The quantitative estimate of drug-likeness (QED) is 0.702. The van der Waals surface area contributed by atoms with Crippen molar-refractivity contribution in [3.8, 4) is 0 Å². The topological polar surface area (TPSA) is 49.4 Å². The molecule has 0 bridgehead atoms. The maximum atomic E-state index is 13.0. The van der Waals surface area contributed by atoms with Crippen LogP contribution >= 0.6 is 23.2 Å². The second-order valence-electron chi connectivity index (χ2n) is 6.42. The van der Waals surface area contributed by atoms with Gasteiger partial charge in [-0.2, -0.15) is 0 Å². The summed E-state index contributed by atoms with van der Waals surface area (Å²) < 4.78 is 0. The van der Waals surface area contributed by atoms with Crippen molar-refractivity contribution in [1.29, 1.82) is 0 Å². The fraction of sp³-hybridized carbons (Fsp3) is 0.333. The SMILES string of the molecule is CCCNC(=O)C(C)N(Cc1ccc(Cl)cc1)C(=O)Cc1cccc(Cl)c1. The Morgan fingerprint density at radius 2 is 1.74 bits per heavy atom. The van der Waals surface area contributed by atoms with E-state index in [0.29, 0.717) is 23.1 Å². The molecule has 1 N–H and O–H groups in total. The van der Waals surface area contributed by atoms with Crippen LogP contribution in [0, 0.1) is 0 Å². The summed E-state index contributed by atoms with van der Waals surface area (Å²) in [6, 6.07) is 13.9. The summed E-state index contributed by atoms with van der Waals surface area (Å²) >= 11 is 12.0. The van der Waals surface area contributed by atoms with Crippen LogP contribution in [0.15, 0.2) is 48.5 Å².